The van der Waals surface area contributed by atoms with Crippen LogP contribution in [0.2, 0.25) is 0 Å². The van der Waals surface area contributed by atoms with E-state index < -0.39 is 5.76 Å². The van der Waals surface area contributed by atoms with Crippen LogP contribution in [0.25, 0.3) is 11.1 Å². The lowest BCUT2D eigenvalue weighted by atomic mass is 10.3. The van der Waals surface area contributed by atoms with Crippen molar-refractivity contribution < 1.29 is 9.21 Å². The fourth-order valence-electron chi connectivity index (χ4n) is 4.34. The van der Waals surface area contributed by atoms with Crippen LogP contribution >= 0.6 is 0 Å². The van der Waals surface area contributed by atoms with Crippen molar-refractivity contribution in [3.05, 3.63) is 46.6 Å². The first-order valence-corrected chi connectivity index (χ1v) is 10.8. The van der Waals surface area contributed by atoms with Crippen LogP contribution < -0.4 is 15.6 Å². The second-order valence-electron chi connectivity index (χ2n) is 8.15. The Bertz CT molecular complexity index is 1160. The molecule has 3 aromatic rings. The molecule has 162 valence electrons. The lowest BCUT2D eigenvalue weighted by Gasteiger charge is -2.35. The zero-order valence-electron chi connectivity index (χ0n) is 17.7. The minimum absolute atomic E-state index is 0.0180. The maximum absolute atomic E-state index is 12.9. The van der Waals surface area contributed by atoms with Crippen LogP contribution in [-0.2, 0) is 11.3 Å². The van der Waals surface area contributed by atoms with E-state index in [-0.39, 0.29) is 12.5 Å². The van der Waals surface area contributed by atoms with E-state index in [0.29, 0.717) is 37.3 Å². The molecule has 9 nitrogen and oxygen atoms in total. The predicted molar refractivity (Wildman–Crippen MR) is 117 cm³/mol. The molecule has 2 saturated heterocycles. The maximum Gasteiger partial charge on any atom is 0.420 e. The van der Waals surface area contributed by atoms with Gasteiger partial charge in [0.1, 0.15) is 12.4 Å². The number of oxazole rings is 1. The summed E-state index contributed by atoms with van der Waals surface area (Å²) in [5.74, 6) is 1.13. The lowest BCUT2D eigenvalue weighted by Crippen LogP contribution is -2.50. The van der Waals surface area contributed by atoms with Gasteiger partial charge >= 0.3 is 5.76 Å². The number of amides is 1. The second-order valence-corrected chi connectivity index (χ2v) is 8.15. The van der Waals surface area contributed by atoms with E-state index in [4.69, 9.17) is 9.40 Å². The Labute approximate surface area is 179 Å². The van der Waals surface area contributed by atoms with E-state index in [1.54, 1.807) is 23.1 Å². The molecule has 0 bridgehead atoms. The third kappa shape index (κ3) is 3.87. The van der Waals surface area contributed by atoms with Crippen molar-refractivity contribution in [3.63, 3.8) is 0 Å². The average molecular weight is 422 g/mol. The normalized spacial score (nSPS) is 17.0. The van der Waals surface area contributed by atoms with Crippen molar-refractivity contribution >= 4 is 28.8 Å². The molecule has 2 fully saturated rings. The van der Waals surface area contributed by atoms with Crippen molar-refractivity contribution in [1.82, 2.24) is 19.4 Å². The van der Waals surface area contributed by atoms with Crippen LogP contribution in [0.4, 0.5) is 11.8 Å². The molecule has 2 aromatic heterocycles. The Kier molecular flexibility index (Phi) is 5.09. The molecule has 0 aliphatic carbocycles. The van der Waals surface area contributed by atoms with Crippen molar-refractivity contribution in [2.24, 2.45) is 0 Å². The molecular weight excluding hydrogens is 396 g/mol. The van der Waals surface area contributed by atoms with Crippen LogP contribution in [0.3, 0.4) is 0 Å². The van der Waals surface area contributed by atoms with Crippen molar-refractivity contribution in [2.75, 3.05) is 49.1 Å². The molecule has 1 aromatic carbocycles. The number of aromatic nitrogens is 3. The monoisotopic (exact) mass is 422 g/mol. The van der Waals surface area contributed by atoms with Crippen LogP contribution in [0, 0.1) is 6.92 Å². The van der Waals surface area contributed by atoms with Crippen LogP contribution in [0.5, 0.6) is 0 Å². The van der Waals surface area contributed by atoms with Gasteiger partial charge in [-0.15, -0.1) is 0 Å². The number of carbonyl (C=O) groups excluding carboxylic acids is 1. The number of nitrogens with zero attached hydrogens (tertiary/aromatic N) is 6. The molecular formula is C22H26N6O3. The Morgan fingerprint density at radius 2 is 1.74 bits per heavy atom. The number of anilines is 2. The largest absolute Gasteiger partial charge is 0.420 e. The highest BCUT2D eigenvalue weighted by Crippen LogP contribution is 2.22. The van der Waals surface area contributed by atoms with Gasteiger partial charge in [-0.1, -0.05) is 12.1 Å². The summed E-state index contributed by atoms with van der Waals surface area (Å²) in [6, 6.07) is 9.20. The summed E-state index contributed by atoms with van der Waals surface area (Å²) < 4.78 is 6.63. The van der Waals surface area contributed by atoms with Crippen molar-refractivity contribution in [2.45, 2.75) is 26.3 Å². The summed E-state index contributed by atoms with van der Waals surface area (Å²) in [6.07, 6.45) is 2.41. The van der Waals surface area contributed by atoms with Crippen molar-refractivity contribution in [1.29, 1.82) is 0 Å². The van der Waals surface area contributed by atoms with Gasteiger partial charge in [0.2, 0.25) is 11.9 Å². The van der Waals surface area contributed by atoms with Crippen LogP contribution in [-0.4, -0.2) is 64.6 Å². The molecule has 0 N–H and O–H groups in total. The number of hydrogen-bond acceptors (Lipinski definition) is 7. The molecule has 4 heterocycles. The molecule has 2 aliphatic heterocycles. The molecule has 1 amide bonds. The highest BCUT2D eigenvalue weighted by atomic mass is 16.4. The van der Waals surface area contributed by atoms with Crippen molar-refractivity contribution in [3.8, 4) is 0 Å². The van der Waals surface area contributed by atoms with Gasteiger partial charge in [-0.05, 0) is 31.9 Å². The maximum atomic E-state index is 12.9. The number of para-hydroxylation sites is 2. The topological polar surface area (TPSA) is 87.7 Å². The number of piperazine rings is 1. The number of hydrogen-bond donors (Lipinski definition) is 0. The lowest BCUT2D eigenvalue weighted by molar-refractivity contribution is -0.132. The quantitative estimate of drug-likeness (QED) is 0.632. The first-order chi connectivity index (χ1) is 15.1. The van der Waals surface area contributed by atoms with E-state index in [2.05, 4.69) is 14.8 Å². The zero-order valence-corrected chi connectivity index (χ0v) is 17.7. The number of fused-ring (bicyclic) bond motifs is 1. The Balaban J connectivity index is 1.26. The highest BCUT2D eigenvalue weighted by Gasteiger charge is 2.25. The van der Waals surface area contributed by atoms with E-state index in [9.17, 15) is 9.59 Å². The van der Waals surface area contributed by atoms with E-state index in [1.165, 1.54) is 17.4 Å². The predicted octanol–water partition coefficient (Wildman–Crippen LogP) is 1.64. The molecule has 2 aliphatic rings. The third-order valence-corrected chi connectivity index (χ3v) is 6.04. The first kappa shape index (κ1) is 19.6. The zero-order chi connectivity index (χ0) is 21.4. The fraction of sp³-hybridized carbons (Fsp3) is 0.455. The highest BCUT2D eigenvalue weighted by molar-refractivity contribution is 5.79. The minimum Gasteiger partial charge on any atom is -0.408 e. The fourth-order valence-corrected chi connectivity index (χ4v) is 4.34. The Hall–Kier alpha value is -3.36. The van der Waals surface area contributed by atoms with Crippen LogP contribution in [0.1, 0.15) is 18.5 Å². The Morgan fingerprint density at radius 3 is 2.52 bits per heavy atom. The molecule has 0 unspecified atom stereocenters. The molecule has 0 atom stereocenters. The molecule has 5 rings (SSSR count). The summed E-state index contributed by atoms with van der Waals surface area (Å²) in [6.45, 7) is 6.53. The van der Waals surface area contributed by atoms with Gasteiger partial charge in [-0.2, -0.15) is 4.98 Å². The van der Waals surface area contributed by atoms with E-state index in [1.807, 2.05) is 19.1 Å². The van der Waals surface area contributed by atoms with Gasteiger partial charge in [0.25, 0.3) is 0 Å². The van der Waals surface area contributed by atoms with E-state index in [0.717, 1.165) is 30.5 Å². The first-order valence-electron chi connectivity index (χ1n) is 10.8. The molecule has 31 heavy (non-hydrogen) atoms. The summed E-state index contributed by atoms with van der Waals surface area (Å²) in [5.41, 5.74) is 2.09. The standard InChI is InChI=1S/C22H26N6O3/c1-16-14-19(25-8-4-5-9-25)24-21(23-16)27-12-10-26(11-13-27)20(29)15-28-17-6-2-3-7-18(17)31-22(28)30/h2-3,6-7,14H,4-5,8-13,15H2,1H3. The average Bonchev–Trinajstić information content (AvgIpc) is 3.42. The Morgan fingerprint density at radius 1 is 1.00 bits per heavy atom. The minimum atomic E-state index is -0.504. The van der Waals surface area contributed by atoms with E-state index >= 15 is 0 Å². The molecule has 9 heteroatoms. The summed E-state index contributed by atoms with van der Waals surface area (Å²) in [4.78, 5) is 40.7. The number of aryl methyl sites for hydroxylation is 1. The van der Waals surface area contributed by atoms with Gasteiger partial charge in [0.15, 0.2) is 5.58 Å². The van der Waals surface area contributed by atoms with Gasteiger partial charge in [-0.25, -0.2) is 9.78 Å². The smallest absolute Gasteiger partial charge is 0.408 e. The van der Waals surface area contributed by atoms with Gasteiger partial charge in [0.05, 0.1) is 5.52 Å². The summed E-state index contributed by atoms with van der Waals surface area (Å²) in [5, 5.41) is 0. The molecule has 0 saturated carbocycles. The van der Waals surface area contributed by atoms with Crippen LogP contribution in [0.15, 0.2) is 39.5 Å². The molecule has 0 radical (unpaired) electrons. The third-order valence-electron chi connectivity index (χ3n) is 6.04. The number of benzene rings is 1. The second kappa shape index (κ2) is 8.05. The molecule has 0 spiro atoms. The number of carbonyl (C=O) groups is 1. The van der Waals surface area contributed by atoms with Gasteiger partial charge in [0, 0.05) is 51.0 Å². The van der Waals surface area contributed by atoms with Gasteiger partial charge in [-0.3, -0.25) is 9.36 Å². The summed E-state index contributed by atoms with van der Waals surface area (Å²) in [7, 11) is 0. The van der Waals surface area contributed by atoms with Gasteiger partial charge < -0.3 is 19.1 Å². The number of rotatable bonds is 4. The summed E-state index contributed by atoms with van der Waals surface area (Å²) >= 11 is 0. The SMILES string of the molecule is Cc1cc(N2CCCC2)nc(N2CCN(C(=O)Cn3c(=O)oc4ccccc43)CC2)n1.